The smallest absolute Gasteiger partial charge is 0.159 e. The van der Waals surface area contributed by atoms with Crippen molar-refractivity contribution < 1.29 is 0 Å². The molecule has 1 saturated carbocycles. The van der Waals surface area contributed by atoms with Gasteiger partial charge in [-0.1, -0.05) is 63.8 Å². The molecule has 0 radical (unpaired) electrons. The quantitative estimate of drug-likeness (QED) is 0.425. The first-order chi connectivity index (χ1) is 14.2. The van der Waals surface area contributed by atoms with Crippen molar-refractivity contribution in [3.63, 3.8) is 0 Å². The van der Waals surface area contributed by atoms with Gasteiger partial charge in [-0.2, -0.15) is 5.26 Å². The minimum atomic E-state index is -0.0705. The van der Waals surface area contributed by atoms with Gasteiger partial charge in [-0.3, -0.25) is 0 Å². The molecule has 1 aromatic heterocycles. The largest absolute Gasteiger partial charge is 0.236 e. The average molecular weight is 390 g/mol. The van der Waals surface area contributed by atoms with Gasteiger partial charge in [0.15, 0.2) is 5.82 Å². The number of unbranched alkanes of at least 4 members (excludes halogenated alkanes) is 3. The molecule has 0 atom stereocenters. The molecule has 154 valence electrons. The zero-order valence-electron chi connectivity index (χ0n) is 18.2. The number of nitriles is 1. The minimum absolute atomic E-state index is 0.0705. The fourth-order valence-corrected chi connectivity index (χ4v) is 4.55. The fourth-order valence-electron chi connectivity index (χ4n) is 4.55. The van der Waals surface area contributed by atoms with Gasteiger partial charge < -0.3 is 0 Å². The molecule has 1 aromatic carbocycles. The van der Waals surface area contributed by atoms with Gasteiger partial charge in [0.05, 0.1) is 11.5 Å². The maximum Gasteiger partial charge on any atom is 0.159 e. The summed E-state index contributed by atoms with van der Waals surface area (Å²) in [6.45, 7) is 4.43. The Morgan fingerprint density at radius 2 is 1.62 bits per heavy atom. The summed E-state index contributed by atoms with van der Waals surface area (Å²) in [5, 5.41) is 9.76. The van der Waals surface area contributed by atoms with Gasteiger partial charge in [0.25, 0.3) is 0 Å². The van der Waals surface area contributed by atoms with Crippen LogP contribution in [0.25, 0.3) is 11.4 Å². The third-order valence-corrected chi connectivity index (χ3v) is 6.60. The van der Waals surface area contributed by atoms with Crippen LogP contribution >= 0.6 is 0 Å². The molecule has 3 heteroatoms. The van der Waals surface area contributed by atoms with E-state index in [4.69, 9.17) is 0 Å². The molecule has 3 nitrogen and oxygen atoms in total. The second-order valence-electron chi connectivity index (χ2n) is 8.76. The van der Waals surface area contributed by atoms with Crippen molar-refractivity contribution in [2.24, 2.45) is 5.41 Å². The molecule has 0 saturated heterocycles. The van der Waals surface area contributed by atoms with E-state index in [2.05, 4.69) is 54.2 Å². The Morgan fingerprint density at radius 1 is 0.966 bits per heavy atom. The van der Waals surface area contributed by atoms with Crippen molar-refractivity contribution in [1.29, 1.82) is 5.26 Å². The molecule has 29 heavy (non-hydrogen) atoms. The normalized spacial score (nSPS) is 21.6. The van der Waals surface area contributed by atoms with Crippen molar-refractivity contribution >= 4 is 0 Å². The van der Waals surface area contributed by atoms with Crippen molar-refractivity contribution in [3.05, 3.63) is 47.8 Å². The topological polar surface area (TPSA) is 49.6 Å². The van der Waals surface area contributed by atoms with Gasteiger partial charge in [-0.25, -0.2) is 9.97 Å². The van der Waals surface area contributed by atoms with Gasteiger partial charge in [0.1, 0.15) is 0 Å². The third-order valence-electron chi connectivity index (χ3n) is 6.60. The molecule has 2 aromatic rings. The maximum atomic E-state index is 9.76. The van der Waals surface area contributed by atoms with Crippen LogP contribution in [0.2, 0.25) is 0 Å². The number of rotatable bonds is 9. The van der Waals surface area contributed by atoms with Gasteiger partial charge in [0, 0.05) is 18.0 Å². The van der Waals surface area contributed by atoms with Crippen LogP contribution in [0.15, 0.2) is 36.7 Å². The molecule has 1 fully saturated rings. The van der Waals surface area contributed by atoms with Crippen LogP contribution in [-0.4, -0.2) is 9.97 Å². The number of aryl methyl sites for hydroxylation is 1. The lowest BCUT2D eigenvalue weighted by Crippen LogP contribution is -2.25. The van der Waals surface area contributed by atoms with Gasteiger partial charge >= 0.3 is 0 Å². The second-order valence-corrected chi connectivity index (χ2v) is 8.76. The average Bonchev–Trinajstić information content (AvgIpc) is 2.79. The Kier molecular flexibility index (Phi) is 7.81. The van der Waals surface area contributed by atoms with Gasteiger partial charge in [0.2, 0.25) is 0 Å². The van der Waals surface area contributed by atoms with Crippen LogP contribution in [0.3, 0.4) is 0 Å². The lowest BCUT2D eigenvalue weighted by molar-refractivity contribution is 0.223. The van der Waals surface area contributed by atoms with E-state index in [-0.39, 0.29) is 5.41 Å². The summed E-state index contributed by atoms with van der Waals surface area (Å²) < 4.78 is 0. The summed E-state index contributed by atoms with van der Waals surface area (Å²) in [7, 11) is 0. The molecule has 0 amide bonds. The second kappa shape index (κ2) is 10.5. The third kappa shape index (κ3) is 5.66. The van der Waals surface area contributed by atoms with Crippen molar-refractivity contribution in [2.75, 3.05) is 0 Å². The molecule has 0 unspecified atom stereocenters. The Balaban J connectivity index is 1.59. The predicted molar refractivity (Wildman–Crippen MR) is 119 cm³/mol. The Morgan fingerprint density at radius 3 is 2.21 bits per heavy atom. The summed E-state index contributed by atoms with van der Waals surface area (Å²) in [6, 6.07) is 11.5. The van der Waals surface area contributed by atoms with Crippen LogP contribution in [0.5, 0.6) is 0 Å². The van der Waals surface area contributed by atoms with Crippen LogP contribution in [0, 0.1) is 16.7 Å². The fraction of sp³-hybridized carbons (Fsp3) is 0.577. The number of aromatic nitrogens is 2. The summed E-state index contributed by atoms with van der Waals surface area (Å²) in [5.41, 5.74) is 3.62. The van der Waals surface area contributed by atoms with Crippen LogP contribution in [-0.2, 0) is 6.42 Å². The lowest BCUT2D eigenvalue weighted by atomic mass is 9.67. The SMILES string of the molecule is CCCCC[C@]1(C#N)CC[C@H](c2ccc(-c3ncc(CCCC)cn3)cc2)CC1. The predicted octanol–water partition coefficient (Wildman–Crippen LogP) is 7.23. The molecule has 0 spiro atoms. The first-order valence-corrected chi connectivity index (χ1v) is 11.5. The summed E-state index contributed by atoms with van der Waals surface area (Å²) in [6.07, 6.45) is 16.4. The highest BCUT2D eigenvalue weighted by molar-refractivity contribution is 5.55. The molecule has 0 aliphatic heterocycles. The van der Waals surface area contributed by atoms with Gasteiger partial charge in [-0.05, 0) is 62.0 Å². The molecule has 1 heterocycles. The van der Waals surface area contributed by atoms with E-state index >= 15 is 0 Å². The van der Waals surface area contributed by atoms with Crippen LogP contribution in [0.1, 0.15) is 95.1 Å². The van der Waals surface area contributed by atoms with E-state index in [1.54, 1.807) is 0 Å². The molecule has 0 bridgehead atoms. The monoisotopic (exact) mass is 389 g/mol. The zero-order valence-corrected chi connectivity index (χ0v) is 18.2. The van der Waals surface area contributed by atoms with E-state index in [1.165, 1.54) is 43.2 Å². The summed E-state index contributed by atoms with van der Waals surface area (Å²) in [4.78, 5) is 9.13. The number of hydrogen-bond acceptors (Lipinski definition) is 3. The number of hydrogen-bond donors (Lipinski definition) is 0. The standard InChI is InChI=1S/C26H35N3/c1-3-5-7-15-26(20-27)16-13-23(14-17-26)22-9-11-24(12-10-22)25-28-18-21(19-29-25)8-6-4-2/h9-12,18-19,23H,3-8,13-17H2,1-2H3/t23-,26-. The first-order valence-electron chi connectivity index (χ1n) is 11.5. The Hall–Kier alpha value is -2.21. The van der Waals surface area contributed by atoms with E-state index in [9.17, 15) is 5.26 Å². The molecule has 1 aliphatic rings. The highest BCUT2D eigenvalue weighted by Crippen LogP contribution is 2.45. The van der Waals surface area contributed by atoms with E-state index < -0.39 is 0 Å². The minimum Gasteiger partial charge on any atom is -0.236 e. The first kappa shape index (κ1) is 21.5. The van der Waals surface area contributed by atoms with Crippen molar-refractivity contribution in [3.8, 4) is 17.5 Å². The molecule has 1 aliphatic carbocycles. The highest BCUT2D eigenvalue weighted by atomic mass is 14.9. The Labute approximate surface area is 176 Å². The van der Waals surface area contributed by atoms with E-state index in [1.807, 2.05) is 12.4 Å². The summed E-state index contributed by atoms with van der Waals surface area (Å²) >= 11 is 0. The maximum absolute atomic E-state index is 9.76. The van der Waals surface area contributed by atoms with Crippen LogP contribution in [0.4, 0.5) is 0 Å². The summed E-state index contributed by atoms with van der Waals surface area (Å²) in [5.74, 6) is 1.38. The van der Waals surface area contributed by atoms with Crippen LogP contribution < -0.4 is 0 Å². The molecule has 3 rings (SSSR count). The number of nitrogens with zero attached hydrogens (tertiary/aromatic N) is 3. The lowest BCUT2D eigenvalue weighted by Gasteiger charge is -2.35. The van der Waals surface area contributed by atoms with Gasteiger partial charge in [-0.15, -0.1) is 0 Å². The zero-order chi connectivity index (χ0) is 20.5. The van der Waals surface area contributed by atoms with E-state index in [0.29, 0.717) is 5.92 Å². The Bertz CT molecular complexity index is 778. The molecule has 0 N–H and O–H groups in total. The number of benzene rings is 1. The molecular weight excluding hydrogens is 354 g/mol. The van der Waals surface area contributed by atoms with Crippen molar-refractivity contribution in [2.45, 2.75) is 90.4 Å². The highest BCUT2D eigenvalue weighted by Gasteiger charge is 2.35. The molecular formula is C26H35N3. The van der Waals surface area contributed by atoms with E-state index in [0.717, 1.165) is 49.9 Å². The van der Waals surface area contributed by atoms with Crippen molar-refractivity contribution in [1.82, 2.24) is 9.97 Å².